The Morgan fingerprint density at radius 3 is 2.32 bits per heavy atom. The van der Waals surface area contributed by atoms with Gasteiger partial charge >= 0.3 is 5.97 Å². The van der Waals surface area contributed by atoms with Crippen molar-refractivity contribution in [2.45, 2.75) is 29.8 Å². The Morgan fingerprint density at radius 1 is 1.09 bits per heavy atom. The van der Waals surface area contributed by atoms with Crippen molar-refractivity contribution < 1.29 is 23.7 Å². The zero-order chi connectivity index (χ0) is 16.1. The van der Waals surface area contributed by atoms with E-state index in [9.17, 15) is 4.79 Å². The second-order valence-corrected chi connectivity index (χ2v) is 6.51. The van der Waals surface area contributed by atoms with Crippen LogP contribution in [0, 0.1) is 6.92 Å². The van der Waals surface area contributed by atoms with Gasteiger partial charge in [-0.25, -0.2) is 4.79 Å². The lowest BCUT2D eigenvalue weighted by Gasteiger charge is -2.23. The third kappa shape index (κ3) is 3.81. The number of ether oxygens (including phenoxy) is 4. The Labute approximate surface area is 135 Å². The summed E-state index contributed by atoms with van der Waals surface area (Å²) in [6.45, 7) is 2.49. The number of carbonyl (C=O) groups excluding carboxylic acids is 1. The van der Waals surface area contributed by atoms with Crippen molar-refractivity contribution >= 4 is 17.7 Å². The molecule has 2 rings (SSSR count). The van der Waals surface area contributed by atoms with Crippen LogP contribution in [-0.2, 0) is 18.9 Å². The van der Waals surface area contributed by atoms with E-state index >= 15 is 0 Å². The molecule has 5 nitrogen and oxygen atoms in total. The molecule has 0 N–H and O–H groups in total. The van der Waals surface area contributed by atoms with Gasteiger partial charge in [-0.3, -0.25) is 0 Å². The largest absolute Gasteiger partial charge is 0.452 e. The first-order chi connectivity index (χ1) is 10.6. The zero-order valence-electron chi connectivity index (χ0n) is 13.3. The topological polar surface area (TPSA) is 54.0 Å². The van der Waals surface area contributed by atoms with Crippen molar-refractivity contribution in [1.82, 2.24) is 0 Å². The molecular formula is C16H22O5S. The minimum Gasteiger partial charge on any atom is -0.452 e. The number of esters is 1. The van der Waals surface area contributed by atoms with Gasteiger partial charge in [0.2, 0.25) is 0 Å². The second kappa shape index (κ2) is 7.97. The van der Waals surface area contributed by atoms with E-state index in [4.69, 9.17) is 18.9 Å². The van der Waals surface area contributed by atoms with E-state index in [0.717, 1.165) is 5.56 Å². The van der Waals surface area contributed by atoms with Crippen molar-refractivity contribution in [3.8, 4) is 0 Å². The summed E-state index contributed by atoms with van der Waals surface area (Å²) in [4.78, 5) is 12.3. The number of thioether (sulfide) groups is 1. The molecule has 1 aromatic rings. The molecule has 1 aliphatic rings. The van der Waals surface area contributed by atoms with Gasteiger partial charge in [-0.05, 0) is 19.1 Å². The molecular weight excluding hydrogens is 304 g/mol. The van der Waals surface area contributed by atoms with Crippen molar-refractivity contribution in [1.29, 1.82) is 0 Å². The highest BCUT2D eigenvalue weighted by atomic mass is 32.2. The van der Waals surface area contributed by atoms with Crippen molar-refractivity contribution in [3.63, 3.8) is 0 Å². The van der Waals surface area contributed by atoms with Crippen LogP contribution >= 0.6 is 11.8 Å². The summed E-state index contributed by atoms with van der Waals surface area (Å²) in [5, 5.41) is 0.0655. The average molecular weight is 326 g/mol. The fourth-order valence-corrected chi connectivity index (χ4v) is 3.93. The predicted octanol–water partition coefficient (Wildman–Crippen LogP) is 2.27. The summed E-state index contributed by atoms with van der Waals surface area (Å²) < 4.78 is 21.8. The first kappa shape index (κ1) is 17.3. The second-order valence-electron chi connectivity index (χ2n) is 5.17. The third-order valence-corrected chi connectivity index (χ3v) is 5.12. The highest BCUT2D eigenvalue weighted by Crippen LogP contribution is 2.38. The number of methoxy groups -OCH3 is 3. The van der Waals surface area contributed by atoms with Crippen LogP contribution in [0.2, 0.25) is 0 Å². The van der Waals surface area contributed by atoms with Gasteiger partial charge in [0.25, 0.3) is 0 Å². The number of benzene rings is 1. The molecule has 0 aliphatic carbocycles. The minimum atomic E-state index is -0.464. The molecule has 0 saturated carbocycles. The molecule has 0 radical (unpaired) electrons. The van der Waals surface area contributed by atoms with Gasteiger partial charge in [0.1, 0.15) is 11.5 Å². The van der Waals surface area contributed by atoms with Crippen LogP contribution in [0.15, 0.2) is 24.3 Å². The van der Waals surface area contributed by atoms with Crippen molar-refractivity contribution in [3.05, 3.63) is 35.4 Å². The first-order valence-corrected chi connectivity index (χ1v) is 8.02. The maximum atomic E-state index is 12.3. The van der Waals surface area contributed by atoms with E-state index in [1.807, 2.05) is 19.1 Å². The van der Waals surface area contributed by atoms with E-state index in [2.05, 4.69) is 0 Å². The molecule has 1 aliphatic heterocycles. The lowest BCUT2D eigenvalue weighted by molar-refractivity contribution is -0.0661. The molecule has 1 heterocycles. The standard InChI is InChI=1S/C16H22O5S/c1-10-5-7-11(8-6-10)15(17)21-14-13(19-3)12(9-18-2)22-16(14)20-4/h5-8,12-14,16H,9H2,1-4H3/t12-,13-,14+,16?/m1/s1. The Balaban J connectivity index is 2.10. The van der Waals surface area contributed by atoms with Crippen LogP contribution in [0.4, 0.5) is 0 Å². The molecule has 1 saturated heterocycles. The minimum absolute atomic E-state index is 0.0655. The SMILES string of the molecule is COC[C@H]1SC(OC)[C@@H](OC(=O)c2ccc(C)cc2)[C@@H]1OC. The number of aryl methyl sites for hydroxylation is 1. The Hall–Kier alpha value is -1.08. The van der Waals surface area contributed by atoms with Gasteiger partial charge in [-0.15, -0.1) is 11.8 Å². The molecule has 0 aromatic heterocycles. The lowest BCUT2D eigenvalue weighted by Crippen LogP contribution is -2.40. The molecule has 1 fully saturated rings. The molecule has 1 aromatic carbocycles. The van der Waals surface area contributed by atoms with Crippen LogP contribution in [0.5, 0.6) is 0 Å². The molecule has 122 valence electrons. The highest BCUT2D eigenvalue weighted by molar-refractivity contribution is 8.00. The summed E-state index contributed by atoms with van der Waals surface area (Å²) in [5.74, 6) is -0.368. The predicted molar refractivity (Wildman–Crippen MR) is 85.2 cm³/mol. The fourth-order valence-electron chi connectivity index (χ4n) is 2.47. The van der Waals surface area contributed by atoms with Gasteiger partial charge in [0.15, 0.2) is 6.10 Å². The highest BCUT2D eigenvalue weighted by Gasteiger charge is 2.47. The third-order valence-electron chi connectivity index (χ3n) is 3.63. The molecule has 0 bridgehead atoms. The van der Waals surface area contributed by atoms with Gasteiger partial charge in [-0.2, -0.15) is 0 Å². The number of rotatable bonds is 6. The van der Waals surface area contributed by atoms with Gasteiger partial charge < -0.3 is 18.9 Å². The van der Waals surface area contributed by atoms with Gasteiger partial charge in [-0.1, -0.05) is 17.7 Å². The lowest BCUT2D eigenvalue weighted by atomic mass is 10.1. The van der Waals surface area contributed by atoms with Crippen LogP contribution in [-0.4, -0.2) is 56.8 Å². The summed E-state index contributed by atoms with van der Waals surface area (Å²) in [5.41, 5.74) is 1.35. The summed E-state index contributed by atoms with van der Waals surface area (Å²) >= 11 is 1.57. The molecule has 22 heavy (non-hydrogen) atoms. The number of hydrogen-bond donors (Lipinski definition) is 0. The summed E-state index contributed by atoms with van der Waals surface area (Å²) in [6.07, 6.45) is -0.724. The average Bonchev–Trinajstić information content (AvgIpc) is 2.85. The molecule has 4 atom stereocenters. The molecule has 1 unspecified atom stereocenters. The van der Waals surface area contributed by atoms with Crippen LogP contribution < -0.4 is 0 Å². The van der Waals surface area contributed by atoms with Crippen molar-refractivity contribution in [2.75, 3.05) is 27.9 Å². The Morgan fingerprint density at radius 2 is 1.77 bits per heavy atom. The number of hydrogen-bond acceptors (Lipinski definition) is 6. The Bertz CT molecular complexity index is 490. The fraction of sp³-hybridized carbons (Fsp3) is 0.562. The smallest absolute Gasteiger partial charge is 0.338 e. The van der Waals surface area contributed by atoms with Crippen LogP contribution in [0.1, 0.15) is 15.9 Å². The van der Waals surface area contributed by atoms with E-state index in [0.29, 0.717) is 12.2 Å². The van der Waals surface area contributed by atoms with E-state index < -0.39 is 6.10 Å². The molecule has 6 heteroatoms. The zero-order valence-corrected chi connectivity index (χ0v) is 14.1. The monoisotopic (exact) mass is 326 g/mol. The van der Waals surface area contributed by atoms with E-state index in [1.165, 1.54) is 0 Å². The van der Waals surface area contributed by atoms with E-state index in [-0.39, 0.29) is 22.8 Å². The van der Waals surface area contributed by atoms with Crippen LogP contribution in [0.25, 0.3) is 0 Å². The normalized spacial score (nSPS) is 27.8. The van der Waals surface area contributed by atoms with Crippen LogP contribution in [0.3, 0.4) is 0 Å². The molecule has 0 amide bonds. The van der Waals surface area contributed by atoms with E-state index in [1.54, 1.807) is 45.2 Å². The summed E-state index contributed by atoms with van der Waals surface area (Å²) in [6, 6.07) is 7.29. The van der Waals surface area contributed by atoms with Crippen molar-refractivity contribution in [2.24, 2.45) is 0 Å². The number of carbonyl (C=O) groups is 1. The summed E-state index contributed by atoms with van der Waals surface area (Å²) in [7, 11) is 4.85. The quantitative estimate of drug-likeness (QED) is 0.748. The maximum absolute atomic E-state index is 12.3. The maximum Gasteiger partial charge on any atom is 0.338 e. The Kier molecular flexibility index (Phi) is 6.26. The van der Waals surface area contributed by atoms with Gasteiger partial charge in [0, 0.05) is 21.3 Å². The van der Waals surface area contributed by atoms with Gasteiger partial charge in [0.05, 0.1) is 17.4 Å². The first-order valence-electron chi connectivity index (χ1n) is 7.08. The molecule has 0 spiro atoms.